The van der Waals surface area contributed by atoms with Crippen LogP contribution >= 0.6 is 34.8 Å². The Labute approximate surface area is 290 Å². The molecular formula is C30H31Cl3N8O2. The Balaban J connectivity index is 0.000000232. The van der Waals surface area contributed by atoms with Gasteiger partial charge in [-0.2, -0.15) is 0 Å². The van der Waals surface area contributed by atoms with E-state index in [1.807, 2.05) is 0 Å². The SMILES string of the molecule is [2H]C1([2H])C(N)C1([2H])[2H].[2H]c1nc(Cl)c(NC(=O)c2cccnc2Cl)c(C([2H])([2H])[2H])c1[2H].[2H]c1nc(Cl)c(NC(=O)c2cccnc2NC2C([2H])([2H])C2([2H])[2H])c(C([2H])([2H])[2H])c1[2H]. The van der Waals surface area contributed by atoms with Crippen LogP contribution in [-0.4, -0.2) is 43.8 Å². The first-order valence-electron chi connectivity index (χ1n) is 20.8. The van der Waals surface area contributed by atoms with Crippen LogP contribution in [0.4, 0.5) is 17.2 Å². The molecule has 0 aliphatic heterocycles. The molecule has 0 spiro atoms. The van der Waals surface area contributed by atoms with Crippen LogP contribution < -0.4 is 21.7 Å². The van der Waals surface area contributed by atoms with Crippen LogP contribution in [0.2, 0.25) is 15.5 Å². The molecule has 10 nitrogen and oxygen atoms in total. The normalized spacial score (nSPS) is 24.8. The van der Waals surface area contributed by atoms with Gasteiger partial charge in [0.15, 0.2) is 10.3 Å². The van der Waals surface area contributed by atoms with Gasteiger partial charge in [0.1, 0.15) is 11.0 Å². The fourth-order valence-corrected chi connectivity index (χ4v) is 3.43. The molecule has 2 aliphatic rings. The predicted octanol–water partition coefficient (Wildman–Crippen LogP) is 6.72. The molecule has 4 heterocycles. The zero-order valence-electron chi connectivity index (χ0n) is 39.4. The van der Waals surface area contributed by atoms with Crippen molar-refractivity contribution in [1.82, 2.24) is 19.9 Å². The second-order valence-corrected chi connectivity index (χ2v) is 9.13. The van der Waals surface area contributed by atoms with E-state index in [9.17, 15) is 9.59 Å². The van der Waals surface area contributed by atoms with E-state index in [1.54, 1.807) is 0 Å². The van der Waals surface area contributed by atoms with Gasteiger partial charge < -0.3 is 21.7 Å². The standard InChI is InChI=1S/C15H15ClN4O.C12H9Cl2N3O.C3H7N/c1-9-6-8-17-13(16)12(9)20-15(21)11-3-2-7-18-14(11)19-10-4-5-10;1-7-4-6-16-11(14)9(7)17-12(18)8-3-2-5-15-10(8)13;4-3-1-2-3/h2-3,6-8,10H,4-5H2,1H3,(H,18,19)(H,20,21);2-6H,1H3,(H,17,18);3H,1-2,4H2/i1D3,4D2,5D2,6D,8D;1D3,4D,6D;1D2,2D2. The molecule has 6 rings (SSSR count). The molecule has 2 saturated carbocycles. The molecule has 0 bridgehead atoms. The maximum atomic E-state index is 12.8. The quantitative estimate of drug-likeness (QED) is 0.167. The van der Waals surface area contributed by atoms with Crippen molar-refractivity contribution in [1.29, 1.82) is 0 Å². The second kappa shape index (κ2) is 15.1. The van der Waals surface area contributed by atoms with E-state index >= 15 is 0 Å². The van der Waals surface area contributed by atoms with Crippen molar-refractivity contribution in [3.05, 3.63) is 98.8 Å². The number of nitrogens with zero attached hydrogens (tertiary/aromatic N) is 4. The summed E-state index contributed by atoms with van der Waals surface area (Å²) in [6, 6.07) is 2.08. The molecule has 2 aliphatic carbocycles. The molecule has 0 radical (unpaired) electrons. The first-order valence-corrected chi connectivity index (χ1v) is 12.9. The highest BCUT2D eigenvalue weighted by atomic mass is 35.5. The molecule has 2 amide bonds. The Morgan fingerprint density at radius 3 is 1.84 bits per heavy atom. The number of hydrogen-bond acceptors (Lipinski definition) is 8. The van der Waals surface area contributed by atoms with Gasteiger partial charge in [-0.05, 0) is 86.7 Å². The molecule has 43 heavy (non-hydrogen) atoms. The number of pyridine rings is 4. The first kappa shape index (κ1) is 15.8. The maximum absolute atomic E-state index is 12.8. The number of halogens is 3. The summed E-state index contributed by atoms with van der Waals surface area (Å²) in [7, 11) is 0. The van der Waals surface area contributed by atoms with Crippen LogP contribution in [0.5, 0.6) is 0 Å². The average Bonchev–Trinajstić information content (AvgIpc) is 3.71. The first-order chi connectivity index (χ1) is 27.7. The fourth-order valence-electron chi connectivity index (χ4n) is 2.86. The Morgan fingerprint density at radius 1 is 0.837 bits per heavy atom. The third-order valence-electron chi connectivity index (χ3n) is 5.00. The Kier molecular flexibility index (Phi) is 5.52. The van der Waals surface area contributed by atoms with Gasteiger partial charge in [-0.3, -0.25) is 9.59 Å². The van der Waals surface area contributed by atoms with E-state index in [0.29, 0.717) is 0 Å². The smallest absolute Gasteiger partial charge is 0.259 e. The Hall–Kier alpha value is -3.83. The van der Waals surface area contributed by atoms with Gasteiger partial charge in [-0.25, -0.2) is 19.9 Å². The lowest BCUT2D eigenvalue weighted by molar-refractivity contribution is 0.101. The van der Waals surface area contributed by atoms with Crippen molar-refractivity contribution >= 4 is 63.8 Å². The van der Waals surface area contributed by atoms with E-state index in [1.165, 1.54) is 36.7 Å². The Morgan fingerprint density at radius 2 is 1.35 bits per heavy atom. The van der Waals surface area contributed by atoms with E-state index in [2.05, 4.69) is 35.9 Å². The Bertz CT molecular complexity index is 2340. The van der Waals surface area contributed by atoms with Crippen molar-refractivity contribution in [3.8, 4) is 0 Å². The largest absolute Gasteiger partial charge is 0.367 e. The van der Waals surface area contributed by atoms with Crippen LogP contribution in [0.25, 0.3) is 0 Å². The molecule has 4 aromatic rings. The van der Waals surface area contributed by atoms with Crippen LogP contribution in [0.15, 0.2) is 61.1 Å². The predicted molar refractivity (Wildman–Crippen MR) is 171 cm³/mol. The lowest BCUT2D eigenvalue weighted by atomic mass is 10.2. The lowest BCUT2D eigenvalue weighted by Crippen LogP contribution is -2.17. The third kappa shape index (κ3) is 9.59. The summed E-state index contributed by atoms with van der Waals surface area (Å²) in [5.41, 5.74) is 2.89. The van der Waals surface area contributed by atoms with E-state index < -0.39 is 115 Å². The molecule has 0 unspecified atom stereocenters. The summed E-state index contributed by atoms with van der Waals surface area (Å²) in [6.45, 7) is -5.63. The molecule has 4 aromatic heterocycles. The van der Waals surface area contributed by atoms with Gasteiger partial charge in [0.05, 0.1) is 28.0 Å². The summed E-state index contributed by atoms with van der Waals surface area (Å²) in [4.78, 5) is 39.9. The van der Waals surface area contributed by atoms with Gasteiger partial charge in [0.25, 0.3) is 11.8 Å². The molecule has 2 fully saturated rings. The van der Waals surface area contributed by atoms with Crippen LogP contribution in [0.3, 0.4) is 0 Å². The van der Waals surface area contributed by atoms with Crippen LogP contribution in [0.1, 0.15) is 82.0 Å². The van der Waals surface area contributed by atoms with Crippen molar-refractivity contribution in [3.63, 3.8) is 0 Å². The van der Waals surface area contributed by atoms with Gasteiger partial charge in [-0.15, -0.1) is 0 Å². The van der Waals surface area contributed by atoms with Crippen molar-refractivity contribution in [2.45, 2.75) is 51.3 Å². The summed E-state index contributed by atoms with van der Waals surface area (Å²) in [6.07, 6.45) is -6.46. The minimum Gasteiger partial charge on any atom is -0.367 e. The van der Waals surface area contributed by atoms with Crippen LogP contribution in [0, 0.1) is 13.7 Å². The zero-order chi connectivity index (χ0) is 46.6. The van der Waals surface area contributed by atoms with Gasteiger partial charge in [-0.1, -0.05) is 34.8 Å². The monoisotopic (exact) mass is 658 g/mol. The molecule has 5 N–H and O–H groups in total. The van der Waals surface area contributed by atoms with E-state index in [-0.39, 0.29) is 27.8 Å². The number of carbonyl (C=O) groups is 2. The van der Waals surface area contributed by atoms with Crippen molar-refractivity contribution in [2.75, 3.05) is 16.0 Å². The topological polar surface area (TPSA) is 148 Å². The highest BCUT2D eigenvalue weighted by Gasteiger charge is 2.24. The molecular weight excluding hydrogens is 611 g/mol. The van der Waals surface area contributed by atoms with Crippen LogP contribution in [-0.2, 0) is 0 Å². The van der Waals surface area contributed by atoms with Gasteiger partial charge in [0, 0.05) is 56.0 Å². The zero-order valence-corrected chi connectivity index (χ0v) is 23.7. The number of amides is 2. The molecule has 0 saturated heterocycles. The summed E-state index contributed by atoms with van der Waals surface area (Å²) in [5.74, 6) is -1.76. The number of aromatic nitrogens is 4. The number of nitrogens with one attached hydrogen (secondary N) is 3. The molecule has 0 aromatic carbocycles. The maximum Gasteiger partial charge on any atom is 0.259 e. The third-order valence-corrected chi connectivity index (χ3v) is 5.84. The van der Waals surface area contributed by atoms with Crippen molar-refractivity contribution in [2.24, 2.45) is 5.73 Å². The molecule has 224 valence electrons. The van der Waals surface area contributed by atoms with Gasteiger partial charge >= 0.3 is 0 Å². The molecule has 0 atom stereocenters. The number of hydrogen-bond donors (Lipinski definition) is 4. The minimum absolute atomic E-state index is 0.00297. The number of rotatable bonds is 6. The molecule has 13 heteroatoms. The number of nitrogens with two attached hydrogens (primary N) is 1. The number of carbonyl (C=O) groups excluding carboxylic acids is 2. The van der Waals surface area contributed by atoms with Gasteiger partial charge in [0.2, 0.25) is 0 Å². The van der Waals surface area contributed by atoms with Crippen molar-refractivity contribution < 1.29 is 34.3 Å². The summed E-state index contributed by atoms with van der Waals surface area (Å²) in [5, 5.41) is 6.18. The minimum atomic E-state index is -2.86. The van der Waals surface area contributed by atoms with E-state index in [0.717, 1.165) is 0 Å². The average molecular weight is 660 g/mol. The highest BCUT2D eigenvalue weighted by Crippen LogP contribution is 2.28. The highest BCUT2D eigenvalue weighted by molar-refractivity contribution is 6.35. The fraction of sp³-hybridized carbons (Fsp3) is 0.267. The summed E-state index contributed by atoms with van der Waals surface area (Å²) < 4.78 is 134. The van der Waals surface area contributed by atoms with E-state index in [4.69, 9.17) is 65.2 Å². The lowest BCUT2D eigenvalue weighted by Gasteiger charge is -2.12. The second-order valence-electron chi connectivity index (χ2n) is 8.06. The number of anilines is 3. The summed E-state index contributed by atoms with van der Waals surface area (Å²) >= 11 is 17.6.